The van der Waals surface area contributed by atoms with Crippen LogP contribution in [0.1, 0.15) is 46.0 Å². The Hall–Kier alpha value is -1.39. The molecule has 1 aromatic rings. The van der Waals surface area contributed by atoms with Crippen molar-refractivity contribution in [3.63, 3.8) is 0 Å². The third kappa shape index (κ3) is 3.78. The fraction of sp³-hybridized carbons (Fsp3) is 0.714. The second kappa shape index (κ2) is 6.17. The maximum absolute atomic E-state index is 13.7. The molecular formula is C14H23FN4. The van der Waals surface area contributed by atoms with Gasteiger partial charge in [-0.05, 0) is 24.7 Å². The molecule has 106 valence electrons. The lowest BCUT2D eigenvalue weighted by Gasteiger charge is -2.24. The van der Waals surface area contributed by atoms with Gasteiger partial charge in [-0.1, -0.05) is 26.7 Å². The summed E-state index contributed by atoms with van der Waals surface area (Å²) >= 11 is 0. The van der Waals surface area contributed by atoms with Gasteiger partial charge in [-0.2, -0.15) is 4.98 Å². The fourth-order valence-corrected chi connectivity index (χ4v) is 2.52. The molecule has 0 aliphatic heterocycles. The number of nitrogens with zero attached hydrogens (tertiary/aromatic N) is 2. The van der Waals surface area contributed by atoms with Crippen LogP contribution >= 0.6 is 0 Å². The van der Waals surface area contributed by atoms with Crippen LogP contribution in [0.4, 0.5) is 16.2 Å². The number of halogens is 1. The summed E-state index contributed by atoms with van der Waals surface area (Å²) in [4.78, 5) is 8.13. The van der Waals surface area contributed by atoms with Crippen molar-refractivity contribution < 1.29 is 4.39 Å². The molecule has 1 aromatic heterocycles. The second-order valence-electron chi connectivity index (χ2n) is 5.69. The molecule has 0 amide bonds. The summed E-state index contributed by atoms with van der Waals surface area (Å²) < 4.78 is 13.7. The summed E-state index contributed by atoms with van der Waals surface area (Å²) in [6.07, 6.45) is 7.16. The first-order valence-electron chi connectivity index (χ1n) is 7.13. The van der Waals surface area contributed by atoms with Crippen molar-refractivity contribution in [3.8, 4) is 0 Å². The van der Waals surface area contributed by atoms with E-state index < -0.39 is 0 Å². The van der Waals surface area contributed by atoms with E-state index in [1.165, 1.54) is 31.9 Å². The van der Waals surface area contributed by atoms with Crippen molar-refractivity contribution in [3.05, 3.63) is 12.0 Å². The minimum Gasteiger partial charge on any atom is -0.367 e. The monoisotopic (exact) mass is 266 g/mol. The standard InChI is InChI=1S/C14H23FN4/c1-3-8-16-13-17-9-11(15)12(19-13)18-10-14(2)6-4-5-7-14/h9H,3-8,10H2,1-2H3,(H2,16,17,18,19). The molecule has 0 saturated heterocycles. The normalized spacial score (nSPS) is 17.4. The number of nitrogens with one attached hydrogen (secondary N) is 2. The zero-order valence-corrected chi connectivity index (χ0v) is 11.8. The van der Waals surface area contributed by atoms with E-state index in [0.717, 1.165) is 19.5 Å². The molecule has 1 saturated carbocycles. The second-order valence-corrected chi connectivity index (χ2v) is 5.69. The van der Waals surface area contributed by atoms with Crippen LogP contribution in [0.5, 0.6) is 0 Å². The summed E-state index contributed by atoms with van der Waals surface area (Å²) in [5.74, 6) is 0.410. The van der Waals surface area contributed by atoms with E-state index in [2.05, 4.69) is 34.4 Å². The maximum atomic E-state index is 13.7. The molecule has 1 heterocycles. The summed E-state index contributed by atoms with van der Waals surface area (Å²) in [6, 6.07) is 0. The Bertz CT molecular complexity index is 416. The van der Waals surface area contributed by atoms with Gasteiger partial charge >= 0.3 is 0 Å². The van der Waals surface area contributed by atoms with Crippen LogP contribution in [0, 0.1) is 11.2 Å². The molecule has 0 spiro atoms. The summed E-state index contributed by atoms with van der Waals surface area (Å²) in [5, 5.41) is 6.22. The Balaban J connectivity index is 1.98. The van der Waals surface area contributed by atoms with E-state index in [9.17, 15) is 4.39 Å². The van der Waals surface area contributed by atoms with E-state index in [-0.39, 0.29) is 11.2 Å². The first-order chi connectivity index (χ1) is 9.13. The van der Waals surface area contributed by atoms with E-state index in [1.807, 2.05) is 0 Å². The molecule has 0 atom stereocenters. The first-order valence-corrected chi connectivity index (χ1v) is 7.13. The molecule has 1 fully saturated rings. The Kier molecular flexibility index (Phi) is 4.56. The number of aromatic nitrogens is 2. The van der Waals surface area contributed by atoms with Crippen molar-refractivity contribution in [1.29, 1.82) is 0 Å². The van der Waals surface area contributed by atoms with Crippen molar-refractivity contribution in [2.75, 3.05) is 23.7 Å². The zero-order valence-electron chi connectivity index (χ0n) is 11.8. The summed E-state index contributed by atoms with van der Waals surface area (Å²) in [7, 11) is 0. The molecule has 0 unspecified atom stereocenters. The van der Waals surface area contributed by atoms with Crippen LogP contribution in [0.15, 0.2) is 6.20 Å². The zero-order chi connectivity index (χ0) is 13.7. The third-order valence-corrected chi connectivity index (χ3v) is 3.77. The lowest BCUT2D eigenvalue weighted by Crippen LogP contribution is -2.24. The Morgan fingerprint density at radius 1 is 1.32 bits per heavy atom. The van der Waals surface area contributed by atoms with Crippen molar-refractivity contribution in [1.82, 2.24) is 9.97 Å². The minimum atomic E-state index is -0.386. The lowest BCUT2D eigenvalue weighted by molar-refractivity contribution is 0.361. The van der Waals surface area contributed by atoms with Gasteiger partial charge in [0.25, 0.3) is 0 Å². The van der Waals surface area contributed by atoms with Crippen LogP contribution in [-0.2, 0) is 0 Å². The Morgan fingerprint density at radius 2 is 2.05 bits per heavy atom. The molecule has 4 nitrogen and oxygen atoms in total. The number of hydrogen-bond donors (Lipinski definition) is 2. The predicted molar refractivity (Wildman–Crippen MR) is 75.8 cm³/mol. The van der Waals surface area contributed by atoms with Gasteiger partial charge in [0.1, 0.15) is 0 Å². The quantitative estimate of drug-likeness (QED) is 0.828. The minimum absolute atomic E-state index is 0.272. The molecule has 0 aromatic carbocycles. The van der Waals surface area contributed by atoms with Gasteiger partial charge in [0.2, 0.25) is 5.95 Å². The average molecular weight is 266 g/mol. The van der Waals surface area contributed by atoms with E-state index in [1.54, 1.807) is 0 Å². The molecule has 2 rings (SSSR count). The molecular weight excluding hydrogens is 243 g/mol. The highest BCUT2D eigenvalue weighted by Crippen LogP contribution is 2.37. The average Bonchev–Trinajstić information content (AvgIpc) is 2.84. The Morgan fingerprint density at radius 3 is 2.74 bits per heavy atom. The summed E-state index contributed by atoms with van der Waals surface area (Å²) in [6.45, 7) is 5.88. The number of anilines is 2. The van der Waals surface area contributed by atoms with E-state index in [0.29, 0.717) is 11.8 Å². The van der Waals surface area contributed by atoms with Gasteiger partial charge in [-0.15, -0.1) is 0 Å². The molecule has 0 bridgehead atoms. The highest BCUT2D eigenvalue weighted by Gasteiger charge is 2.28. The Labute approximate surface area is 114 Å². The lowest BCUT2D eigenvalue weighted by atomic mass is 9.89. The van der Waals surface area contributed by atoms with Crippen molar-refractivity contribution >= 4 is 11.8 Å². The van der Waals surface area contributed by atoms with Crippen LogP contribution in [0.2, 0.25) is 0 Å². The smallest absolute Gasteiger partial charge is 0.224 e. The van der Waals surface area contributed by atoms with Gasteiger partial charge in [0, 0.05) is 13.1 Å². The van der Waals surface area contributed by atoms with Crippen LogP contribution in [0.25, 0.3) is 0 Å². The van der Waals surface area contributed by atoms with Gasteiger partial charge in [0.05, 0.1) is 6.20 Å². The third-order valence-electron chi connectivity index (χ3n) is 3.77. The van der Waals surface area contributed by atoms with E-state index in [4.69, 9.17) is 0 Å². The molecule has 2 N–H and O–H groups in total. The molecule has 5 heteroatoms. The predicted octanol–water partition coefficient (Wildman–Crippen LogP) is 3.43. The van der Waals surface area contributed by atoms with Gasteiger partial charge in [-0.25, -0.2) is 9.37 Å². The maximum Gasteiger partial charge on any atom is 0.224 e. The molecule has 0 radical (unpaired) electrons. The highest BCUT2D eigenvalue weighted by atomic mass is 19.1. The summed E-state index contributed by atoms with van der Waals surface area (Å²) in [5.41, 5.74) is 0.272. The van der Waals surface area contributed by atoms with Crippen LogP contribution in [0.3, 0.4) is 0 Å². The van der Waals surface area contributed by atoms with Crippen LogP contribution < -0.4 is 10.6 Å². The van der Waals surface area contributed by atoms with Crippen molar-refractivity contribution in [2.24, 2.45) is 5.41 Å². The number of hydrogen-bond acceptors (Lipinski definition) is 4. The SMILES string of the molecule is CCCNc1ncc(F)c(NCC2(C)CCCC2)n1. The van der Waals surface area contributed by atoms with E-state index >= 15 is 0 Å². The number of rotatable bonds is 6. The van der Waals surface area contributed by atoms with Crippen LogP contribution in [-0.4, -0.2) is 23.1 Å². The van der Waals surface area contributed by atoms with Gasteiger partial charge in [-0.3, -0.25) is 0 Å². The molecule has 19 heavy (non-hydrogen) atoms. The molecule has 1 aliphatic rings. The van der Waals surface area contributed by atoms with Gasteiger partial charge < -0.3 is 10.6 Å². The fourth-order valence-electron chi connectivity index (χ4n) is 2.52. The largest absolute Gasteiger partial charge is 0.367 e. The highest BCUT2D eigenvalue weighted by molar-refractivity contribution is 5.41. The van der Waals surface area contributed by atoms with Crippen molar-refractivity contribution in [2.45, 2.75) is 46.0 Å². The first kappa shape index (κ1) is 14.0. The van der Waals surface area contributed by atoms with Gasteiger partial charge in [0.15, 0.2) is 11.6 Å². The molecule has 1 aliphatic carbocycles. The topological polar surface area (TPSA) is 49.8 Å².